The minimum absolute atomic E-state index is 0.0454. The molecular weight excluding hydrogens is 288 g/mol. The van der Waals surface area contributed by atoms with Crippen molar-refractivity contribution in [1.82, 2.24) is 20.2 Å². The summed E-state index contributed by atoms with van der Waals surface area (Å²) < 4.78 is 0. The molecule has 1 aliphatic heterocycles. The van der Waals surface area contributed by atoms with Gasteiger partial charge in [0, 0.05) is 23.6 Å². The lowest BCUT2D eigenvalue weighted by Gasteiger charge is -2.38. The van der Waals surface area contributed by atoms with Crippen molar-refractivity contribution in [2.75, 3.05) is 11.4 Å². The molecule has 104 valence electrons. The van der Waals surface area contributed by atoms with Crippen molar-refractivity contribution in [3.05, 3.63) is 35.0 Å². The number of rotatable bonds is 1. The van der Waals surface area contributed by atoms with Crippen LogP contribution in [0.2, 0.25) is 5.15 Å². The molecule has 0 saturated heterocycles. The molecule has 1 aliphatic carbocycles. The summed E-state index contributed by atoms with van der Waals surface area (Å²) in [6.45, 7) is 0.803. The van der Waals surface area contributed by atoms with Crippen LogP contribution in [0.3, 0.4) is 0 Å². The zero-order valence-corrected chi connectivity index (χ0v) is 11.9. The molecule has 0 amide bonds. The summed E-state index contributed by atoms with van der Waals surface area (Å²) in [6, 6.07) is 3.74. The van der Waals surface area contributed by atoms with Crippen LogP contribution < -0.4 is 4.90 Å². The molecule has 7 heteroatoms. The second kappa shape index (κ2) is 4.37. The molecule has 0 radical (unpaired) electrons. The second-order valence-corrected chi connectivity index (χ2v) is 5.85. The third-order valence-electron chi connectivity index (χ3n) is 4.40. The Morgan fingerprint density at radius 3 is 2.90 bits per heavy atom. The molecule has 2 aliphatic rings. The Hall–Kier alpha value is -2.26. The third-order valence-corrected chi connectivity index (χ3v) is 4.69. The zero-order valence-electron chi connectivity index (χ0n) is 11.1. The average Bonchev–Trinajstić information content (AvgIpc) is 2.84. The number of hydrogen-bond donors (Lipinski definition) is 0. The maximum Gasteiger partial charge on any atom is 0.165 e. The summed E-state index contributed by atoms with van der Waals surface area (Å²) in [5.74, 6) is 0.826. The Morgan fingerprint density at radius 1 is 1.33 bits per heavy atom. The van der Waals surface area contributed by atoms with E-state index in [-0.39, 0.29) is 5.41 Å². The number of aromatic nitrogens is 4. The molecule has 0 bridgehead atoms. The molecule has 6 nitrogen and oxygen atoms in total. The summed E-state index contributed by atoms with van der Waals surface area (Å²) in [6.07, 6.45) is 6.50. The van der Waals surface area contributed by atoms with Crippen LogP contribution in [0.1, 0.15) is 30.5 Å². The third kappa shape index (κ3) is 1.71. The van der Waals surface area contributed by atoms with Gasteiger partial charge in [0.05, 0.1) is 11.9 Å². The van der Waals surface area contributed by atoms with Gasteiger partial charge in [-0.25, -0.2) is 9.97 Å². The second-order valence-electron chi connectivity index (χ2n) is 5.49. The quantitative estimate of drug-likeness (QED) is 0.752. The van der Waals surface area contributed by atoms with Crippen LogP contribution in [-0.2, 0) is 5.41 Å². The first kappa shape index (κ1) is 12.5. The predicted molar refractivity (Wildman–Crippen MR) is 76.3 cm³/mol. The van der Waals surface area contributed by atoms with E-state index in [1.165, 1.54) is 12.7 Å². The summed E-state index contributed by atoms with van der Waals surface area (Å²) >= 11 is 6.32. The highest BCUT2D eigenvalue weighted by atomic mass is 35.5. The Bertz CT molecular complexity index is 764. The van der Waals surface area contributed by atoms with E-state index >= 15 is 0 Å². The van der Waals surface area contributed by atoms with E-state index in [0.717, 1.165) is 36.5 Å². The molecule has 0 N–H and O–H groups in total. The topological polar surface area (TPSA) is 78.6 Å². The first-order chi connectivity index (χ1) is 10.2. The van der Waals surface area contributed by atoms with Crippen molar-refractivity contribution >= 4 is 23.1 Å². The standard InChI is InChI=1S/C14H11ClN6/c15-12-11-13(18-8-17-12)21(7-14(11)2-1-3-14)10-4-9(5-16)20-19-6-10/h4,6,8H,1-3,7H2. The van der Waals surface area contributed by atoms with Gasteiger partial charge in [-0.15, -0.1) is 5.10 Å². The van der Waals surface area contributed by atoms with E-state index in [4.69, 9.17) is 16.9 Å². The van der Waals surface area contributed by atoms with Gasteiger partial charge >= 0.3 is 0 Å². The van der Waals surface area contributed by atoms with Gasteiger partial charge in [-0.3, -0.25) is 0 Å². The monoisotopic (exact) mass is 298 g/mol. The van der Waals surface area contributed by atoms with Crippen LogP contribution in [0.5, 0.6) is 0 Å². The molecule has 0 atom stereocenters. The normalized spacial score (nSPS) is 18.2. The van der Waals surface area contributed by atoms with E-state index in [0.29, 0.717) is 10.8 Å². The molecule has 1 fully saturated rings. The van der Waals surface area contributed by atoms with Crippen molar-refractivity contribution in [3.63, 3.8) is 0 Å². The number of halogens is 1. The van der Waals surface area contributed by atoms with Gasteiger partial charge in [0.2, 0.25) is 0 Å². The predicted octanol–water partition coefficient (Wildman–Crippen LogP) is 2.37. The van der Waals surface area contributed by atoms with E-state index in [9.17, 15) is 0 Å². The molecule has 1 saturated carbocycles. The molecule has 0 aromatic carbocycles. The summed E-state index contributed by atoms with van der Waals surface area (Å²) in [7, 11) is 0. The summed E-state index contributed by atoms with van der Waals surface area (Å²) in [5, 5.41) is 17.2. The van der Waals surface area contributed by atoms with E-state index in [1.54, 1.807) is 12.3 Å². The highest BCUT2D eigenvalue weighted by Gasteiger charge is 2.50. The minimum Gasteiger partial charge on any atom is -0.324 e. The maximum atomic E-state index is 8.99. The smallest absolute Gasteiger partial charge is 0.165 e. The highest BCUT2D eigenvalue weighted by Crippen LogP contribution is 2.55. The van der Waals surface area contributed by atoms with Gasteiger partial charge in [0.1, 0.15) is 23.4 Å². The van der Waals surface area contributed by atoms with Crippen molar-refractivity contribution in [1.29, 1.82) is 5.26 Å². The molecule has 4 rings (SSSR count). The van der Waals surface area contributed by atoms with Crippen LogP contribution in [-0.4, -0.2) is 26.7 Å². The van der Waals surface area contributed by atoms with Gasteiger partial charge in [0.15, 0.2) is 5.69 Å². The minimum atomic E-state index is 0.0454. The zero-order chi connectivity index (χ0) is 14.4. The molecular formula is C14H11ClN6. The largest absolute Gasteiger partial charge is 0.324 e. The van der Waals surface area contributed by atoms with E-state index in [2.05, 4.69) is 25.1 Å². The van der Waals surface area contributed by atoms with E-state index in [1.807, 2.05) is 6.07 Å². The number of hydrogen-bond acceptors (Lipinski definition) is 6. The fourth-order valence-electron chi connectivity index (χ4n) is 3.26. The number of fused-ring (bicyclic) bond motifs is 2. The lowest BCUT2D eigenvalue weighted by atomic mass is 9.66. The molecule has 3 heterocycles. The van der Waals surface area contributed by atoms with Crippen LogP contribution in [0, 0.1) is 11.3 Å². The van der Waals surface area contributed by atoms with Crippen LogP contribution >= 0.6 is 11.6 Å². The van der Waals surface area contributed by atoms with E-state index < -0.39 is 0 Å². The average molecular weight is 299 g/mol. The number of nitrogens with zero attached hydrogens (tertiary/aromatic N) is 6. The lowest BCUT2D eigenvalue weighted by molar-refractivity contribution is 0.266. The van der Waals surface area contributed by atoms with Gasteiger partial charge in [-0.05, 0) is 12.8 Å². The fourth-order valence-corrected chi connectivity index (χ4v) is 3.59. The molecule has 2 aromatic heterocycles. The summed E-state index contributed by atoms with van der Waals surface area (Å²) in [4.78, 5) is 10.6. The number of nitriles is 1. The van der Waals surface area contributed by atoms with Crippen LogP contribution in [0.15, 0.2) is 18.6 Å². The van der Waals surface area contributed by atoms with Crippen molar-refractivity contribution in [3.8, 4) is 6.07 Å². The van der Waals surface area contributed by atoms with Crippen LogP contribution in [0.25, 0.3) is 0 Å². The summed E-state index contributed by atoms with van der Waals surface area (Å²) in [5.41, 5.74) is 2.20. The molecule has 2 aromatic rings. The number of anilines is 2. The maximum absolute atomic E-state index is 8.99. The Balaban J connectivity index is 1.86. The van der Waals surface area contributed by atoms with Gasteiger partial charge in [0.25, 0.3) is 0 Å². The SMILES string of the molecule is N#Cc1cc(N2CC3(CCC3)c3c(Cl)ncnc32)cnn1. The van der Waals surface area contributed by atoms with Gasteiger partial charge < -0.3 is 4.90 Å². The fraction of sp³-hybridized carbons (Fsp3) is 0.357. The van der Waals surface area contributed by atoms with Crippen LogP contribution in [0.4, 0.5) is 11.5 Å². The first-order valence-corrected chi connectivity index (χ1v) is 7.13. The van der Waals surface area contributed by atoms with Gasteiger partial charge in [-0.2, -0.15) is 10.4 Å². The molecule has 0 unspecified atom stereocenters. The Morgan fingerprint density at radius 2 is 2.19 bits per heavy atom. The van der Waals surface area contributed by atoms with Gasteiger partial charge in [-0.1, -0.05) is 18.0 Å². The Kier molecular flexibility index (Phi) is 2.59. The van der Waals surface area contributed by atoms with Crippen molar-refractivity contribution in [2.45, 2.75) is 24.7 Å². The Labute approximate surface area is 126 Å². The molecule has 1 spiro atoms. The first-order valence-electron chi connectivity index (χ1n) is 6.75. The van der Waals surface area contributed by atoms with Crippen molar-refractivity contribution in [2.24, 2.45) is 0 Å². The highest BCUT2D eigenvalue weighted by molar-refractivity contribution is 6.30. The molecule has 21 heavy (non-hydrogen) atoms. The lowest BCUT2D eigenvalue weighted by Crippen LogP contribution is -2.38. The van der Waals surface area contributed by atoms with Crippen molar-refractivity contribution < 1.29 is 0 Å².